The maximum Gasteiger partial charge on any atom is 0.338 e. The molecule has 2 aromatic heterocycles. The number of nitrogens with zero attached hydrogens (tertiary/aromatic N) is 2. The highest BCUT2D eigenvalue weighted by Crippen LogP contribution is 2.34. The van der Waals surface area contributed by atoms with E-state index in [0.717, 1.165) is 10.4 Å². The fraction of sp³-hybridized carbons (Fsp3) is 0.207. The summed E-state index contributed by atoms with van der Waals surface area (Å²) in [7, 11) is 1.57. The highest BCUT2D eigenvalue weighted by molar-refractivity contribution is 7.10. The number of ether oxygens (including phenoxy) is 3. The number of aromatic nitrogens is 1. The second-order valence-corrected chi connectivity index (χ2v) is 11.0. The van der Waals surface area contributed by atoms with E-state index in [9.17, 15) is 9.59 Å². The Morgan fingerprint density at radius 2 is 1.95 bits per heavy atom. The van der Waals surface area contributed by atoms with E-state index < -0.39 is 12.0 Å². The van der Waals surface area contributed by atoms with Gasteiger partial charge in [-0.3, -0.25) is 9.36 Å². The van der Waals surface area contributed by atoms with Crippen molar-refractivity contribution < 1.29 is 19.0 Å². The molecule has 4 aromatic rings. The van der Waals surface area contributed by atoms with Gasteiger partial charge in [0.1, 0.15) is 12.6 Å². The van der Waals surface area contributed by atoms with Gasteiger partial charge in [0.2, 0.25) is 0 Å². The molecule has 0 bridgehead atoms. The molecule has 1 atom stereocenters. The molecule has 0 saturated heterocycles. The number of carbonyl (C=O) groups is 1. The number of halogens is 1. The Hall–Kier alpha value is -3.66. The maximum atomic E-state index is 13.9. The minimum absolute atomic E-state index is 0.228. The molecular formula is C29H25ClN2O5S2. The van der Waals surface area contributed by atoms with E-state index in [1.807, 2.05) is 47.8 Å². The first kappa shape index (κ1) is 26.9. The van der Waals surface area contributed by atoms with E-state index in [1.54, 1.807) is 43.7 Å². The zero-order valence-electron chi connectivity index (χ0n) is 21.5. The molecule has 0 spiro atoms. The van der Waals surface area contributed by atoms with Crippen molar-refractivity contribution in [1.82, 2.24) is 4.57 Å². The SMILES string of the molecule is CCOC(=O)C1=C(C)N=c2s/c(=C\c3cccc(OC)c3OCc3ccc(Cl)cc3)c(=O)n2[C@@H]1c1cccs1. The molecule has 0 unspecified atom stereocenters. The second kappa shape index (κ2) is 11.6. The number of para-hydroxylation sites is 1. The Kier molecular flexibility index (Phi) is 8.02. The molecule has 0 N–H and O–H groups in total. The van der Waals surface area contributed by atoms with Crippen LogP contribution in [-0.2, 0) is 16.1 Å². The topological polar surface area (TPSA) is 79.1 Å². The van der Waals surface area contributed by atoms with Crippen LogP contribution in [0.4, 0.5) is 0 Å². The fourth-order valence-electron chi connectivity index (χ4n) is 4.35. The third kappa shape index (κ3) is 5.43. The van der Waals surface area contributed by atoms with Crippen molar-refractivity contribution in [3.63, 3.8) is 0 Å². The van der Waals surface area contributed by atoms with Gasteiger partial charge in [0, 0.05) is 15.5 Å². The summed E-state index contributed by atoms with van der Waals surface area (Å²) in [4.78, 5) is 32.8. The summed E-state index contributed by atoms with van der Waals surface area (Å²) >= 11 is 8.75. The fourth-order valence-corrected chi connectivity index (χ4v) is 6.33. The average Bonchev–Trinajstić information content (AvgIpc) is 3.56. The number of carbonyl (C=O) groups excluding carboxylic acids is 1. The highest BCUT2D eigenvalue weighted by atomic mass is 35.5. The smallest absolute Gasteiger partial charge is 0.338 e. The number of allylic oxidation sites excluding steroid dienone is 1. The molecule has 0 aliphatic carbocycles. The Morgan fingerprint density at radius 1 is 1.15 bits per heavy atom. The maximum absolute atomic E-state index is 13.9. The van der Waals surface area contributed by atoms with E-state index >= 15 is 0 Å². The lowest BCUT2D eigenvalue weighted by Crippen LogP contribution is -2.39. The van der Waals surface area contributed by atoms with Gasteiger partial charge in [-0.1, -0.05) is 53.3 Å². The largest absolute Gasteiger partial charge is 0.493 e. The van der Waals surface area contributed by atoms with E-state index in [2.05, 4.69) is 4.99 Å². The lowest BCUT2D eigenvalue weighted by Gasteiger charge is -2.23. The summed E-state index contributed by atoms with van der Waals surface area (Å²) in [6.45, 7) is 4.05. The molecule has 5 rings (SSSR count). The van der Waals surface area contributed by atoms with E-state index in [1.165, 1.54) is 22.7 Å². The lowest BCUT2D eigenvalue weighted by molar-refractivity contribution is -0.139. The van der Waals surface area contributed by atoms with Gasteiger partial charge >= 0.3 is 5.97 Å². The van der Waals surface area contributed by atoms with Crippen molar-refractivity contribution >= 4 is 46.3 Å². The van der Waals surface area contributed by atoms with Crippen molar-refractivity contribution in [1.29, 1.82) is 0 Å². The molecule has 1 aliphatic heterocycles. The average molecular weight is 581 g/mol. The third-order valence-electron chi connectivity index (χ3n) is 6.14. The molecule has 0 radical (unpaired) electrons. The predicted molar refractivity (Wildman–Crippen MR) is 153 cm³/mol. The molecule has 1 aliphatic rings. The van der Waals surface area contributed by atoms with Crippen molar-refractivity contribution in [2.75, 3.05) is 13.7 Å². The Morgan fingerprint density at radius 3 is 2.64 bits per heavy atom. The van der Waals surface area contributed by atoms with E-state index in [0.29, 0.717) is 49.3 Å². The van der Waals surface area contributed by atoms with Gasteiger partial charge in [-0.2, -0.15) is 0 Å². The zero-order chi connectivity index (χ0) is 27.5. The third-order valence-corrected chi connectivity index (χ3v) is 8.30. The van der Waals surface area contributed by atoms with Gasteiger partial charge < -0.3 is 14.2 Å². The number of benzene rings is 2. The second-order valence-electron chi connectivity index (χ2n) is 8.61. The highest BCUT2D eigenvalue weighted by Gasteiger charge is 2.33. The summed E-state index contributed by atoms with van der Waals surface area (Å²) < 4.78 is 19.1. The first-order valence-corrected chi connectivity index (χ1v) is 14.3. The van der Waals surface area contributed by atoms with Crippen LogP contribution in [0.25, 0.3) is 6.08 Å². The van der Waals surface area contributed by atoms with Crippen LogP contribution in [0.5, 0.6) is 11.5 Å². The van der Waals surface area contributed by atoms with Gasteiger partial charge in [0.15, 0.2) is 16.3 Å². The van der Waals surface area contributed by atoms with Gasteiger partial charge in [0.05, 0.1) is 29.5 Å². The molecule has 0 fully saturated rings. The van der Waals surface area contributed by atoms with Crippen LogP contribution in [-0.4, -0.2) is 24.3 Å². The number of thiophene rings is 1. The van der Waals surface area contributed by atoms with Crippen LogP contribution < -0.4 is 24.4 Å². The van der Waals surface area contributed by atoms with Crippen molar-refractivity contribution in [2.24, 2.45) is 4.99 Å². The zero-order valence-corrected chi connectivity index (χ0v) is 23.9. The van der Waals surface area contributed by atoms with Gasteiger partial charge in [-0.05, 0) is 55.1 Å². The monoisotopic (exact) mass is 580 g/mol. The summed E-state index contributed by atoms with van der Waals surface area (Å²) in [5.74, 6) is 0.582. The standard InChI is InChI=1S/C29H25ClN2O5S2/c1-4-36-28(34)24-17(2)31-29-32(25(24)22-9-6-14-38-22)27(33)23(39-29)15-19-7-5-8-21(35-3)26(19)37-16-18-10-12-20(30)13-11-18/h5-15,25H,4,16H2,1-3H3/b23-15-/t25-/m1/s1. The van der Waals surface area contributed by atoms with Crippen molar-refractivity contribution in [3.8, 4) is 11.5 Å². The Labute approximate surface area is 237 Å². The Balaban J connectivity index is 1.61. The van der Waals surface area contributed by atoms with Crippen LogP contribution in [0.3, 0.4) is 0 Å². The summed E-state index contributed by atoms with van der Waals surface area (Å²) in [6, 6.07) is 16.1. The van der Waals surface area contributed by atoms with Gasteiger partial charge in [-0.25, -0.2) is 9.79 Å². The number of hydrogen-bond acceptors (Lipinski definition) is 8. The first-order valence-electron chi connectivity index (χ1n) is 12.2. The number of esters is 1. The Bertz CT molecular complexity index is 1720. The normalized spacial score (nSPS) is 15.1. The molecule has 10 heteroatoms. The minimum atomic E-state index is -0.617. The molecule has 0 saturated carbocycles. The summed E-state index contributed by atoms with van der Waals surface area (Å²) in [5, 5.41) is 2.57. The van der Waals surface area contributed by atoms with Crippen LogP contribution >= 0.6 is 34.3 Å². The lowest BCUT2D eigenvalue weighted by atomic mass is 10.0. The van der Waals surface area contributed by atoms with E-state index in [4.69, 9.17) is 25.8 Å². The molecule has 7 nitrogen and oxygen atoms in total. The van der Waals surface area contributed by atoms with Crippen LogP contribution in [0.1, 0.15) is 35.9 Å². The number of thiazole rings is 1. The molecule has 2 aromatic carbocycles. The minimum Gasteiger partial charge on any atom is -0.493 e. The number of methoxy groups -OCH3 is 1. The molecule has 0 amide bonds. The van der Waals surface area contributed by atoms with Crippen molar-refractivity contribution in [2.45, 2.75) is 26.5 Å². The van der Waals surface area contributed by atoms with Crippen molar-refractivity contribution in [3.05, 3.63) is 112 Å². The molecule has 200 valence electrons. The number of fused-ring (bicyclic) bond motifs is 1. The van der Waals surface area contributed by atoms with Crippen LogP contribution in [0.2, 0.25) is 5.02 Å². The molecule has 3 heterocycles. The van der Waals surface area contributed by atoms with Gasteiger partial charge in [0.25, 0.3) is 5.56 Å². The van der Waals surface area contributed by atoms with Crippen LogP contribution in [0.15, 0.2) is 81.0 Å². The summed E-state index contributed by atoms with van der Waals surface area (Å²) in [5.41, 5.74) is 2.27. The van der Waals surface area contributed by atoms with Crippen LogP contribution in [0, 0.1) is 0 Å². The summed E-state index contributed by atoms with van der Waals surface area (Å²) in [6.07, 6.45) is 1.78. The molecular weight excluding hydrogens is 556 g/mol. The number of rotatable bonds is 8. The predicted octanol–water partition coefficient (Wildman–Crippen LogP) is 5.10. The van der Waals surface area contributed by atoms with E-state index in [-0.39, 0.29) is 12.2 Å². The first-order chi connectivity index (χ1) is 18.9. The molecule has 39 heavy (non-hydrogen) atoms. The number of hydrogen-bond donors (Lipinski definition) is 0. The van der Waals surface area contributed by atoms with Gasteiger partial charge in [-0.15, -0.1) is 11.3 Å². The quantitative estimate of drug-likeness (QED) is 0.271.